The Kier molecular flexibility index (Phi) is 2.09. The molecular formula is C8H5ClN2O3. The van der Waals surface area contributed by atoms with Gasteiger partial charge in [0.1, 0.15) is 0 Å². The molecule has 5 nitrogen and oxygen atoms in total. The Morgan fingerprint density at radius 2 is 2.36 bits per heavy atom. The highest BCUT2D eigenvalue weighted by Crippen LogP contribution is 2.21. The van der Waals surface area contributed by atoms with Crippen LogP contribution in [0.1, 0.15) is 5.56 Å². The number of aromatic nitrogens is 1. The second kappa shape index (κ2) is 3.26. The fourth-order valence-electron chi connectivity index (χ4n) is 1.12. The molecule has 0 N–H and O–H groups in total. The van der Waals surface area contributed by atoms with Crippen molar-refractivity contribution in [1.82, 2.24) is 4.98 Å². The van der Waals surface area contributed by atoms with Crippen molar-refractivity contribution in [3.8, 4) is 0 Å². The minimum atomic E-state index is -0.666. The molecule has 0 fully saturated rings. The normalized spacial score (nSPS) is 10.6. The Hall–Kier alpha value is -1.62. The molecule has 0 unspecified atom stereocenters. The van der Waals surface area contributed by atoms with Crippen molar-refractivity contribution in [2.24, 2.45) is 0 Å². The first-order chi connectivity index (χ1) is 6.70. The van der Waals surface area contributed by atoms with Gasteiger partial charge >= 0.3 is 6.01 Å². The molecule has 0 radical (unpaired) electrons. The summed E-state index contributed by atoms with van der Waals surface area (Å²) in [5.41, 5.74) is 1.70. The van der Waals surface area contributed by atoms with Gasteiger partial charge in [0.25, 0.3) is 0 Å². The largest absolute Gasteiger partial charge is 0.546 e. The van der Waals surface area contributed by atoms with Crippen LogP contribution >= 0.6 is 11.6 Å². The van der Waals surface area contributed by atoms with Gasteiger partial charge < -0.3 is 14.5 Å². The summed E-state index contributed by atoms with van der Waals surface area (Å²) in [6.45, 7) is 0. The average molecular weight is 213 g/mol. The van der Waals surface area contributed by atoms with E-state index in [2.05, 4.69) is 4.98 Å². The van der Waals surface area contributed by atoms with E-state index in [0.717, 1.165) is 5.56 Å². The van der Waals surface area contributed by atoms with E-state index in [1.807, 2.05) is 0 Å². The molecule has 2 aromatic rings. The summed E-state index contributed by atoms with van der Waals surface area (Å²) >= 11 is 5.60. The second-order valence-corrected chi connectivity index (χ2v) is 2.96. The third kappa shape index (κ3) is 1.42. The smallest absolute Gasteiger partial charge is 0.381 e. The summed E-state index contributed by atoms with van der Waals surface area (Å²) in [4.78, 5) is 13.4. The van der Waals surface area contributed by atoms with Crippen molar-refractivity contribution in [2.45, 2.75) is 5.88 Å². The van der Waals surface area contributed by atoms with Crippen LogP contribution in [0.3, 0.4) is 0 Å². The number of nitro groups is 1. The molecule has 6 heteroatoms. The van der Waals surface area contributed by atoms with Gasteiger partial charge in [-0.2, -0.15) is 0 Å². The van der Waals surface area contributed by atoms with Crippen LogP contribution in [0, 0.1) is 10.1 Å². The molecule has 0 aliphatic rings. The summed E-state index contributed by atoms with van der Waals surface area (Å²) in [7, 11) is 0. The van der Waals surface area contributed by atoms with Gasteiger partial charge in [-0.15, -0.1) is 11.6 Å². The standard InChI is InChI=1S/C8H5ClN2O3/c9-4-5-1-2-7-6(3-5)10-8(14-7)11(12)13/h1-3H,4H2. The maximum atomic E-state index is 10.3. The number of rotatable bonds is 2. The Balaban J connectivity index is 2.60. The monoisotopic (exact) mass is 212 g/mol. The van der Waals surface area contributed by atoms with Crippen LogP contribution in [0.4, 0.5) is 6.01 Å². The van der Waals surface area contributed by atoms with E-state index in [4.69, 9.17) is 16.0 Å². The van der Waals surface area contributed by atoms with Crippen LogP contribution < -0.4 is 0 Å². The van der Waals surface area contributed by atoms with Crippen molar-refractivity contribution in [2.75, 3.05) is 0 Å². The molecule has 1 aromatic carbocycles. The van der Waals surface area contributed by atoms with Crippen molar-refractivity contribution >= 4 is 28.7 Å². The number of hydrogen-bond acceptors (Lipinski definition) is 4. The maximum Gasteiger partial charge on any atom is 0.546 e. The predicted octanol–water partition coefficient (Wildman–Crippen LogP) is 2.47. The summed E-state index contributed by atoms with van der Waals surface area (Å²) in [5.74, 6) is 0.344. The van der Waals surface area contributed by atoms with E-state index in [-0.39, 0.29) is 0 Å². The van der Waals surface area contributed by atoms with Gasteiger partial charge in [-0.1, -0.05) is 6.07 Å². The highest BCUT2D eigenvalue weighted by molar-refractivity contribution is 6.17. The molecule has 0 saturated carbocycles. The van der Waals surface area contributed by atoms with Gasteiger partial charge in [0.2, 0.25) is 5.52 Å². The quantitative estimate of drug-likeness (QED) is 0.436. The first-order valence-corrected chi connectivity index (χ1v) is 4.34. The maximum absolute atomic E-state index is 10.3. The minimum Gasteiger partial charge on any atom is -0.381 e. The highest BCUT2D eigenvalue weighted by atomic mass is 35.5. The van der Waals surface area contributed by atoms with Crippen LogP contribution in [0.25, 0.3) is 11.1 Å². The molecule has 2 rings (SSSR count). The SMILES string of the molecule is O=[N+]([O-])c1nc2cc(CCl)ccc2o1. The fourth-order valence-corrected chi connectivity index (χ4v) is 1.29. The number of fused-ring (bicyclic) bond motifs is 1. The van der Waals surface area contributed by atoms with Gasteiger partial charge in [0.15, 0.2) is 5.58 Å². The van der Waals surface area contributed by atoms with Crippen molar-refractivity contribution < 1.29 is 9.34 Å². The van der Waals surface area contributed by atoms with Gasteiger partial charge in [-0.3, -0.25) is 0 Å². The molecule has 1 aromatic heterocycles. The Labute approximate surface area is 83.4 Å². The molecule has 72 valence electrons. The number of alkyl halides is 1. The van der Waals surface area contributed by atoms with E-state index < -0.39 is 10.9 Å². The zero-order valence-corrected chi connectivity index (χ0v) is 7.69. The van der Waals surface area contributed by atoms with Crippen LogP contribution in [-0.2, 0) is 5.88 Å². The number of nitrogens with zero attached hydrogens (tertiary/aromatic N) is 2. The summed E-state index contributed by atoms with van der Waals surface area (Å²) in [6.07, 6.45) is 0. The van der Waals surface area contributed by atoms with E-state index >= 15 is 0 Å². The summed E-state index contributed by atoms with van der Waals surface area (Å²) < 4.78 is 4.88. The minimum absolute atomic E-state index is 0.344. The topological polar surface area (TPSA) is 69.2 Å². The first kappa shape index (κ1) is 8.96. The zero-order chi connectivity index (χ0) is 10.1. The zero-order valence-electron chi connectivity index (χ0n) is 6.94. The van der Waals surface area contributed by atoms with Crippen LogP contribution in [0.2, 0.25) is 0 Å². The number of benzene rings is 1. The van der Waals surface area contributed by atoms with Crippen molar-refractivity contribution in [3.05, 3.63) is 33.9 Å². The molecular weight excluding hydrogens is 208 g/mol. The average Bonchev–Trinajstić information content (AvgIpc) is 2.59. The lowest BCUT2D eigenvalue weighted by atomic mass is 10.2. The molecule has 1 heterocycles. The van der Waals surface area contributed by atoms with E-state index in [1.165, 1.54) is 0 Å². The lowest BCUT2D eigenvalue weighted by Gasteiger charge is -1.89. The van der Waals surface area contributed by atoms with Gasteiger partial charge in [-0.05, 0) is 17.7 Å². The summed E-state index contributed by atoms with van der Waals surface area (Å²) in [5, 5.41) is 10.3. The Bertz CT molecular complexity index is 494. The van der Waals surface area contributed by atoms with Gasteiger partial charge in [-0.25, -0.2) is 0 Å². The number of hydrogen-bond donors (Lipinski definition) is 0. The lowest BCUT2D eigenvalue weighted by molar-refractivity contribution is -0.406. The summed E-state index contributed by atoms with van der Waals surface area (Å²) in [6, 6.07) is 4.53. The van der Waals surface area contributed by atoms with Crippen LogP contribution in [-0.4, -0.2) is 9.91 Å². The van der Waals surface area contributed by atoms with E-state index in [9.17, 15) is 10.1 Å². The first-order valence-electron chi connectivity index (χ1n) is 3.80. The fraction of sp³-hybridized carbons (Fsp3) is 0.125. The number of oxazole rings is 1. The Morgan fingerprint density at radius 1 is 1.57 bits per heavy atom. The molecule has 0 spiro atoms. The molecule has 0 aliphatic heterocycles. The van der Waals surface area contributed by atoms with Gasteiger partial charge in [0, 0.05) is 15.8 Å². The molecule has 0 aliphatic carbocycles. The second-order valence-electron chi connectivity index (χ2n) is 2.69. The molecule has 0 saturated heterocycles. The molecule has 0 atom stereocenters. The van der Waals surface area contributed by atoms with Crippen molar-refractivity contribution in [1.29, 1.82) is 0 Å². The predicted molar refractivity (Wildman–Crippen MR) is 50.2 cm³/mol. The molecule has 0 amide bonds. The highest BCUT2D eigenvalue weighted by Gasteiger charge is 2.17. The van der Waals surface area contributed by atoms with E-state index in [1.54, 1.807) is 18.2 Å². The Morgan fingerprint density at radius 3 is 3.00 bits per heavy atom. The van der Waals surface area contributed by atoms with E-state index in [0.29, 0.717) is 17.0 Å². The van der Waals surface area contributed by atoms with Gasteiger partial charge in [0.05, 0.1) is 0 Å². The molecule has 0 bridgehead atoms. The number of halogens is 1. The third-order valence-electron chi connectivity index (χ3n) is 1.75. The van der Waals surface area contributed by atoms with Crippen molar-refractivity contribution in [3.63, 3.8) is 0 Å². The lowest BCUT2D eigenvalue weighted by Crippen LogP contribution is -1.85. The molecule has 14 heavy (non-hydrogen) atoms. The van der Waals surface area contributed by atoms with Crippen LogP contribution in [0.15, 0.2) is 22.6 Å². The third-order valence-corrected chi connectivity index (χ3v) is 2.06. The van der Waals surface area contributed by atoms with Crippen LogP contribution in [0.5, 0.6) is 0 Å².